The number of benzene rings is 1. The zero-order valence-electron chi connectivity index (χ0n) is 14.2. The van der Waals surface area contributed by atoms with Gasteiger partial charge in [0.15, 0.2) is 0 Å². The molecule has 0 radical (unpaired) electrons. The summed E-state index contributed by atoms with van der Waals surface area (Å²) in [4.78, 5) is 38.4. The predicted molar refractivity (Wildman–Crippen MR) is 95.5 cm³/mol. The van der Waals surface area contributed by atoms with Gasteiger partial charge in [0.25, 0.3) is 5.91 Å². The van der Waals surface area contributed by atoms with Gasteiger partial charge in [-0.05, 0) is 43.5 Å². The lowest BCUT2D eigenvalue weighted by molar-refractivity contribution is -0.134. The van der Waals surface area contributed by atoms with Gasteiger partial charge in [-0.3, -0.25) is 14.5 Å². The maximum Gasteiger partial charge on any atom is 0.325 e. The Morgan fingerprint density at radius 1 is 1.24 bits per heavy atom. The largest absolute Gasteiger partial charge is 0.325 e. The Morgan fingerprint density at radius 2 is 1.92 bits per heavy atom. The second kappa shape index (κ2) is 7.04. The smallest absolute Gasteiger partial charge is 0.324 e. The van der Waals surface area contributed by atoms with E-state index in [1.807, 2.05) is 6.92 Å². The zero-order chi connectivity index (χ0) is 18.0. The minimum atomic E-state index is -0.815. The number of hydrogen-bond donors (Lipinski definition) is 2. The molecule has 1 saturated heterocycles. The Morgan fingerprint density at radius 3 is 2.56 bits per heavy atom. The summed E-state index contributed by atoms with van der Waals surface area (Å²) >= 11 is 5.91. The van der Waals surface area contributed by atoms with Gasteiger partial charge >= 0.3 is 6.03 Å². The van der Waals surface area contributed by atoms with Crippen molar-refractivity contribution in [3.63, 3.8) is 0 Å². The number of amides is 4. The van der Waals surface area contributed by atoms with Gasteiger partial charge in [0.05, 0.1) is 0 Å². The first-order chi connectivity index (χ1) is 11.9. The number of rotatable bonds is 3. The van der Waals surface area contributed by atoms with Crippen molar-refractivity contribution >= 4 is 35.1 Å². The molecule has 6 nitrogen and oxygen atoms in total. The second-order valence-corrected chi connectivity index (χ2v) is 7.26. The summed E-state index contributed by atoms with van der Waals surface area (Å²) < 4.78 is 0. The highest BCUT2D eigenvalue weighted by Crippen LogP contribution is 2.32. The molecule has 25 heavy (non-hydrogen) atoms. The van der Waals surface area contributed by atoms with Crippen molar-refractivity contribution in [3.8, 4) is 0 Å². The summed E-state index contributed by atoms with van der Waals surface area (Å²) in [6.45, 7) is 1.55. The Labute approximate surface area is 151 Å². The Balaban J connectivity index is 1.68. The molecule has 3 rings (SSSR count). The van der Waals surface area contributed by atoms with Crippen LogP contribution in [0.5, 0.6) is 0 Å². The molecule has 0 unspecified atom stereocenters. The minimum Gasteiger partial charge on any atom is -0.324 e. The summed E-state index contributed by atoms with van der Waals surface area (Å²) in [6, 6.07) is 4.65. The number of hydrogen-bond acceptors (Lipinski definition) is 3. The molecule has 1 spiro atoms. The van der Waals surface area contributed by atoms with Crippen LogP contribution in [0.1, 0.15) is 44.1 Å². The van der Waals surface area contributed by atoms with Gasteiger partial charge in [-0.25, -0.2) is 4.79 Å². The minimum absolute atomic E-state index is 0.276. The lowest BCUT2D eigenvalue weighted by Gasteiger charge is -2.24. The van der Waals surface area contributed by atoms with E-state index >= 15 is 0 Å². The van der Waals surface area contributed by atoms with Gasteiger partial charge < -0.3 is 10.6 Å². The molecule has 7 heteroatoms. The first-order valence-electron chi connectivity index (χ1n) is 8.61. The fourth-order valence-electron chi connectivity index (χ4n) is 3.59. The molecule has 0 atom stereocenters. The van der Waals surface area contributed by atoms with Crippen LogP contribution in [0, 0.1) is 6.92 Å². The van der Waals surface area contributed by atoms with E-state index in [0.29, 0.717) is 23.6 Å². The van der Waals surface area contributed by atoms with Crippen LogP contribution in [-0.2, 0) is 9.59 Å². The van der Waals surface area contributed by atoms with E-state index in [1.54, 1.807) is 18.2 Å². The van der Waals surface area contributed by atoms with E-state index in [9.17, 15) is 14.4 Å². The molecule has 1 aliphatic carbocycles. The first-order valence-corrected chi connectivity index (χ1v) is 8.99. The van der Waals surface area contributed by atoms with Crippen LogP contribution in [-0.4, -0.2) is 34.8 Å². The van der Waals surface area contributed by atoms with Crippen LogP contribution < -0.4 is 10.6 Å². The molecule has 0 aromatic heterocycles. The molecule has 134 valence electrons. The zero-order valence-corrected chi connectivity index (χ0v) is 15.0. The fourth-order valence-corrected chi connectivity index (χ4v) is 3.82. The molecule has 1 aromatic rings. The van der Waals surface area contributed by atoms with Crippen molar-refractivity contribution in [2.45, 2.75) is 51.0 Å². The molecule has 4 amide bonds. The quantitative estimate of drug-likeness (QED) is 0.809. The van der Waals surface area contributed by atoms with Crippen molar-refractivity contribution in [2.75, 3.05) is 11.9 Å². The SMILES string of the molecule is Cc1cc(Cl)ccc1NC(=O)CN1C(=O)NC2(CCCCCC2)C1=O. The van der Waals surface area contributed by atoms with E-state index in [-0.39, 0.29) is 12.5 Å². The summed E-state index contributed by atoms with van der Waals surface area (Å²) in [7, 11) is 0. The normalized spacial score (nSPS) is 19.7. The Bertz CT molecular complexity index is 712. The Kier molecular flexibility index (Phi) is 4.99. The monoisotopic (exact) mass is 363 g/mol. The third-order valence-electron chi connectivity index (χ3n) is 4.97. The molecule has 1 saturated carbocycles. The lowest BCUT2D eigenvalue weighted by atomic mass is 9.90. The number of anilines is 1. The number of nitrogens with zero attached hydrogens (tertiary/aromatic N) is 1. The summed E-state index contributed by atoms with van der Waals surface area (Å²) in [5, 5.41) is 6.16. The molecule has 2 fully saturated rings. The van der Waals surface area contributed by atoms with Crippen molar-refractivity contribution < 1.29 is 14.4 Å². The third kappa shape index (κ3) is 3.63. The van der Waals surface area contributed by atoms with Crippen LogP contribution in [0.15, 0.2) is 18.2 Å². The maximum absolute atomic E-state index is 12.8. The molecular weight excluding hydrogens is 342 g/mol. The van der Waals surface area contributed by atoms with Gasteiger partial charge in [0.2, 0.25) is 5.91 Å². The highest BCUT2D eigenvalue weighted by molar-refractivity contribution is 6.30. The summed E-state index contributed by atoms with van der Waals surface area (Å²) in [6.07, 6.45) is 5.26. The van der Waals surface area contributed by atoms with E-state index in [0.717, 1.165) is 36.1 Å². The van der Waals surface area contributed by atoms with Crippen molar-refractivity contribution in [1.29, 1.82) is 0 Å². The Hall–Kier alpha value is -2.08. The highest BCUT2D eigenvalue weighted by atomic mass is 35.5. The summed E-state index contributed by atoms with van der Waals surface area (Å²) in [5.74, 6) is -0.679. The number of nitrogens with one attached hydrogen (secondary N) is 2. The second-order valence-electron chi connectivity index (χ2n) is 6.83. The predicted octanol–water partition coefficient (Wildman–Crippen LogP) is 3.23. The van der Waals surface area contributed by atoms with Gasteiger partial charge in [0.1, 0.15) is 12.1 Å². The average molecular weight is 364 g/mol. The maximum atomic E-state index is 12.8. The van der Waals surface area contributed by atoms with Crippen molar-refractivity contribution in [2.24, 2.45) is 0 Å². The van der Waals surface area contributed by atoms with Gasteiger partial charge in [-0.1, -0.05) is 37.3 Å². The third-order valence-corrected chi connectivity index (χ3v) is 5.20. The summed E-state index contributed by atoms with van der Waals surface area (Å²) in [5.41, 5.74) is 0.619. The number of halogens is 1. The van der Waals surface area contributed by atoms with Crippen LogP contribution >= 0.6 is 11.6 Å². The molecule has 1 heterocycles. The van der Waals surface area contributed by atoms with Crippen LogP contribution in [0.3, 0.4) is 0 Å². The topological polar surface area (TPSA) is 78.5 Å². The van der Waals surface area contributed by atoms with Gasteiger partial charge in [-0.15, -0.1) is 0 Å². The molecular formula is C18H22ClN3O3. The number of carbonyl (C=O) groups is 3. The number of urea groups is 1. The number of aryl methyl sites for hydroxylation is 1. The number of imide groups is 1. The van der Waals surface area contributed by atoms with Crippen LogP contribution in [0.2, 0.25) is 5.02 Å². The van der Waals surface area contributed by atoms with E-state index in [1.165, 1.54) is 0 Å². The number of carbonyl (C=O) groups excluding carboxylic acids is 3. The van der Waals surface area contributed by atoms with Crippen molar-refractivity contribution in [3.05, 3.63) is 28.8 Å². The highest BCUT2D eigenvalue weighted by Gasteiger charge is 2.51. The molecule has 2 N–H and O–H groups in total. The van der Waals surface area contributed by atoms with E-state index in [2.05, 4.69) is 10.6 Å². The molecule has 1 aromatic carbocycles. The van der Waals surface area contributed by atoms with Crippen LogP contribution in [0.4, 0.5) is 10.5 Å². The first kappa shape index (κ1) is 17.7. The average Bonchev–Trinajstić information content (AvgIpc) is 2.73. The fraction of sp³-hybridized carbons (Fsp3) is 0.500. The van der Waals surface area contributed by atoms with Crippen molar-refractivity contribution in [1.82, 2.24) is 10.2 Å². The van der Waals surface area contributed by atoms with Gasteiger partial charge in [0, 0.05) is 10.7 Å². The van der Waals surface area contributed by atoms with Crippen LogP contribution in [0.25, 0.3) is 0 Å². The molecule has 0 bridgehead atoms. The van der Waals surface area contributed by atoms with E-state index < -0.39 is 17.5 Å². The van der Waals surface area contributed by atoms with Gasteiger partial charge in [-0.2, -0.15) is 0 Å². The standard InChI is InChI=1S/C18H22ClN3O3/c1-12-10-13(19)6-7-14(12)20-15(23)11-22-16(24)18(21-17(22)25)8-4-2-3-5-9-18/h6-7,10H,2-5,8-9,11H2,1H3,(H,20,23)(H,21,25). The molecule has 1 aliphatic heterocycles. The lowest BCUT2D eigenvalue weighted by Crippen LogP contribution is -2.47. The molecule has 2 aliphatic rings. The van der Waals surface area contributed by atoms with E-state index in [4.69, 9.17) is 11.6 Å².